The number of nitrogens with zero attached hydrogens (tertiary/aromatic N) is 3. The molecule has 1 aromatic heterocycles. The highest BCUT2D eigenvalue weighted by Gasteiger charge is 2.39. The first kappa shape index (κ1) is 21.5. The fraction of sp³-hybridized carbons (Fsp3) is 0.120. The number of amides is 1. The Kier molecular flexibility index (Phi) is 6.47. The third-order valence-electron chi connectivity index (χ3n) is 5.09. The van der Waals surface area contributed by atoms with E-state index >= 15 is 0 Å². The Morgan fingerprint density at radius 2 is 1.31 bits per heavy atom. The molecule has 6 nitrogen and oxygen atoms in total. The quantitative estimate of drug-likeness (QED) is 0.431. The number of nitrogens with one attached hydrogen (secondary N) is 1. The molecule has 0 radical (unpaired) electrons. The van der Waals surface area contributed by atoms with Crippen molar-refractivity contribution < 1.29 is 9.59 Å². The third-order valence-corrected chi connectivity index (χ3v) is 5.90. The standard InChI is InChI=1S/C25H22N4O2S/c1-19(30)32-18-24(31)26-23-17-29(28-27-23)25(20-11-5-2-6-12-20,21-13-7-3-8-14-21)22-15-9-4-10-16-22/h2-17H,18H2,1H3,(H,26,31). The minimum Gasteiger partial charge on any atom is -0.307 e. The number of hydrogen-bond acceptors (Lipinski definition) is 5. The molecule has 4 aromatic rings. The molecule has 160 valence electrons. The lowest BCUT2D eigenvalue weighted by Gasteiger charge is -2.35. The molecule has 0 aliphatic carbocycles. The van der Waals surface area contributed by atoms with E-state index in [0.29, 0.717) is 5.82 Å². The molecule has 0 unspecified atom stereocenters. The Labute approximate surface area is 190 Å². The Bertz CT molecular complexity index is 1100. The molecule has 1 heterocycles. The number of carbonyl (C=O) groups is 2. The van der Waals surface area contributed by atoms with E-state index in [1.807, 2.05) is 54.6 Å². The van der Waals surface area contributed by atoms with Crippen LogP contribution in [0.5, 0.6) is 0 Å². The van der Waals surface area contributed by atoms with Gasteiger partial charge < -0.3 is 5.32 Å². The van der Waals surface area contributed by atoms with Crippen molar-refractivity contribution in [3.8, 4) is 0 Å². The zero-order valence-electron chi connectivity index (χ0n) is 17.5. The average molecular weight is 443 g/mol. The van der Waals surface area contributed by atoms with Crippen LogP contribution in [-0.2, 0) is 15.1 Å². The second kappa shape index (κ2) is 9.62. The van der Waals surface area contributed by atoms with Crippen LogP contribution in [0.25, 0.3) is 0 Å². The summed E-state index contributed by atoms with van der Waals surface area (Å²) in [6, 6.07) is 30.2. The van der Waals surface area contributed by atoms with Crippen molar-refractivity contribution >= 4 is 28.6 Å². The van der Waals surface area contributed by atoms with E-state index in [1.165, 1.54) is 6.92 Å². The van der Waals surface area contributed by atoms with Gasteiger partial charge in [0.1, 0.15) is 5.54 Å². The van der Waals surface area contributed by atoms with Gasteiger partial charge in [-0.2, -0.15) is 0 Å². The molecule has 32 heavy (non-hydrogen) atoms. The van der Waals surface area contributed by atoms with Crippen LogP contribution in [0.3, 0.4) is 0 Å². The molecular weight excluding hydrogens is 420 g/mol. The topological polar surface area (TPSA) is 76.9 Å². The lowest BCUT2D eigenvalue weighted by atomic mass is 9.77. The molecule has 0 atom stereocenters. The first-order valence-corrected chi connectivity index (χ1v) is 11.1. The highest BCUT2D eigenvalue weighted by molar-refractivity contribution is 8.14. The Morgan fingerprint density at radius 3 is 1.75 bits per heavy atom. The lowest BCUT2D eigenvalue weighted by Crippen LogP contribution is -2.38. The molecular formula is C25H22N4O2S. The summed E-state index contributed by atoms with van der Waals surface area (Å²) in [5.74, 6) is 0.0527. The first-order valence-electron chi connectivity index (χ1n) is 10.1. The van der Waals surface area contributed by atoms with Crippen LogP contribution in [0, 0.1) is 0 Å². The maximum Gasteiger partial charge on any atom is 0.236 e. The monoisotopic (exact) mass is 442 g/mol. The number of aromatic nitrogens is 3. The second-order valence-electron chi connectivity index (χ2n) is 7.19. The smallest absolute Gasteiger partial charge is 0.236 e. The molecule has 1 N–H and O–H groups in total. The molecule has 0 bridgehead atoms. The van der Waals surface area contributed by atoms with E-state index in [-0.39, 0.29) is 16.8 Å². The van der Waals surface area contributed by atoms with Gasteiger partial charge in [-0.3, -0.25) is 9.59 Å². The highest BCUT2D eigenvalue weighted by Crippen LogP contribution is 2.40. The number of rotatable bonds is 7. The van der Waals surface area contributed by atoms with Crippen LogP contribution in [0.15, 0.2) is 97.2 Å². The fourth-order valence-corrected chi connectivity index (χ4v) is 4.17. The molecule has 0 fully saturated rings. The van der Waals surface area contributed by atoms with Gasteiger partial charge in [0.2, 0.25) is 5.91 Å². The van der Waals surface area contributed by atoms with Gasteiger partial charge in [-0.15, -0.1) is 5.10 Å². The molecule has 0 saturated carbocycles. The molecule has 4 rings (SSSR count). The Hall–Kier alpha value is -3.71. The summed E-state index contributed by atoms with van der Waals surface area (Å²) < 4.78 is 1.78. The van der Waals surface area contributed by atoms with Crippen molar-refractivity contribution in [2.24, 2.45) is 0 Å². The molecule has 1 amide bonds. The van der Waals surface area contributed by atoms with Crippen molar-refractivity contribution in [1.29, 1.82) is 0 Å². The number of hydrogen-bond donors (Lipinski definition) is 1. The lowest BCUT2D eigenvalue weighted by molar-refractivity contribution is -0.114. The van der Waals surface area contributed by atoms with Crippen molar-refractivity contribution in [2.45, 2.75) is 12.5 Å². The molecule has 0 aliphatic rings. The van der Waals surface area contributed by atoms with Gasteiger partial charge in [-0.05, 0) is 16.7 Å². The van der Waals surface area contributed by atoms with Gasteiger partial charge >= 0.3 is 0 Å². The van der Waals surface area contributed by atoms with E-state index in [4.69, 9.17) is 0 Å². The number of carbonyl (C=O) groups excluding carboxylic acids is 2. The molecule has 3 aromatic carbocycles. The predicted molar refractivity (Wildman–Crippen MR) is 126 cm³/mol. The van der Waals surface area contributed by atoms with Crippen LogP contribution in [-0.4, -0.2) is 31.8 Å². The summed E-state index contributed by atoms with van der Waals surface area (Å²) in [5, 5.41) is 11.3. The Morgan fingerprint density at radius 1 is 0.844 bits per heavy atom. The number of benzene rings is 3. The van der Waals surface area contributed by atoms with Crippen molar-refractivity contribution in [3.63, 3.8) is 0 Å². The minimum absolute atomic E-state index is 0.0311. The third kappa shape index (κ3) is 4.33. The zero-order chi connectivity index (χ0) is 22.4. The molecule has 0 spiro atoms. The summed E-state index contributed by atoms with van der Waals surface area (Å²) in [6.07, 6.45) is 1.73. The van der Waals surface area contributed by atoms with Crippen LogP contribution in [0.4, 0.5) is 5.82 Å². The molecule has 0 saturated heterocycles. The summed E-state index contributed by atoms with van der Waals surface area (Å²) in [6.45, 7) is 1.43. The van der Waals surface area contributed by atoms with Crippen LogP contribution < -0.4 is 5.32 Å². The van der Waals surface area contributed by atoms with Gasteiger partial charge in [0.25, 0.3) is 0 Å². The fourth-order valence-electron chi connectivity index (χ4n) is 3.77. The largest absolute Gasteiger partial charge is 0.307 e. The zero-order valence-corrected chi connectivity index (χ0v) is 18.3. The summed E-state index contributed by atoms with van der Waals surface area (Å²) in [5.41, 5.74) is 2.22. The van der Waals surface area contributed by atoms with Gasteiger partial charge in [-0.1, -0.05) is 108 Å². The number of anilines is 1. The van der Waals surface area contributed by atoms with Gasteiger partial charge in [0.15, 0.2) is 10.9 Å². The van der Waals surface area contributed by atoms with Crippen molar-refractivity contribution in [3.05, 3.63) is 114 Å². The summed E-state index contributed by atoms with van der Waals surface area (Å²) in [4.78, 5) is 23.4. The summed E-state index contributed by atoms with van der Waals surface area (Å²) in [7, 11) is 0. The normalized spacial score (nSPS) is 11.2. The predicted octanol–water partition coefficient (Wildman–Crippen LogP) is 4.34. The molecule has 0 aliphatic heterocycles. The van der Waals surface area contributed by atoms with Gasteiger partial charge in [-0.25, -0.2) is 4.68 Å². The van der Waals surface area contributed by atoms with Crippen LogP contribution in [0.1, 0.15) is 23.6 Å². The average Bonchev–Trinajstić information content (AvgIpc) is 3.29. The van der Waals surface area contributed by atoms with E-state index in [9.17, 15) is 9.59 Å². The Balaban J connectivity index is 1.85. The maximum absolute atomic E-state index is 12.2. The van der Waals surface area contributed by atoms with Crippen LogP contribution >= 0.6 is 11.8 Å². The van der Waals surface area contributed by atoms with Gasteiger partial charge in [0, 0.05) is 6.92 Å². The van der Waals surface area contributed by atoms with Crippen LogP contribution in [0.2, 0.25) is 0 Å². The van der Waals surface area contributed by atoms with Crippen molar-refractivity contribution in [1.82, 2.24) is 15.0 Å². The minimum atomic E-state index is -0.798. The van der Waals surface area contributed by atoms with E-state index in [0.717, 1.165) is 28.5 Å². The van der Waals surface area contributed by atoms with E-state index in [2.05, 4.69) is 52.0 Å². The first-order chi connectivity index (χ1) is 15.6. The second-order valence-corrected chi connectivity index (χ2v) is 8.34. The van der Waals surface area contributed by atoms with Gasteiger partial charge in [0.05, 0.1) is 11.9 Å². The van der Waals surface area contributed by atoms with E-state index < -0.39 is 5.54 Å². The summed E-state index contributed by atoms with van der Waals surface area (Å²) >= 11 is 0.956. The van der Waals surface area contributed by atoms with Crippen molar-refractivity contribution in [2.75, 3.05) is 11.1 Å². The highest BCUT2D eigenvalue weighted by atomic mass is 32.2. The molecule has 7 heteroatoms. The van der Waals surface area contributed by atoms with E-state index in [1.54, 1.807) is 10.9 Å². The SMILES string of the molecule is CC(=O)SCC(=O)Nc1cn(C(c2ccccc2)(c2ccccc2)c2ccccc2)nn1. The number of thioether (sulfide) groups is 1. The maximum atomic E-state index is 12.2.